The second-order valence-electron chi connectivity index (χ2n) is 2.65. The van der Waals surface area contributed by atoms with Crippen LogP contribution in [0.15, 0.2) is 12.4 Å². The molecule has 0 saturated carbocycles. The van der Waals surface area contributed by atoms with E-state index in [1.165, 1.54) is 12.4 Å². The molecule has 4 nitrogen and oxygen atoms in total. The van der Waals surface area contributed by atoms with Crippen LogP contribution in [0.1, 0.15) is 12.8 Å². The molecule has 0 spiro atoms. The molecule has 0 aromatic carbocycles. The third-order valence-electron chi connectivity index (χ3n) is 1.42. The summed E-state index contributed by atoms with van der Waals surface area (Å²) >= 11 is 0. The molecule has 0 aliphatic rings. The van der Waals surface area contributed by atoms with Crippen molar-refractivity contribution in [2.75, 3.05) is 5.32 Å². The first-order valence-corrected chi connectivity index (χ1v) is 3.83. The Balaban J connectivity index is 2.30. The highest BCUT2D eigenvalue weighted by Crippen LogP contribution is 2.21. The number of nitrogens with zero attached hydrogens (tertiary/aromatic N) is 1. The Morgan fingerprint density at radius 1 is 1.57 bits per heavy atom. The number of hydrogen-bond acceptors (Lipinski definition) is 2. The molecule has 7 heteroatoms. The van der Waals surface area contributed by atoms with Crippen molar-refractivity contribution in [3.8, 4) is 0 Å². The molecule has 0 radical (unpaired) electrons. The lowest BCUT2D eigenvalue weighted by atomic mass is 10.3. The highest BCUT2D eigenvalue weighted by Gasteiger charge is 2.27. The zero-order valence-corrected chi connectivity index (χ0v) is 7.06. The number of anilines is 1. The van der Waals surface area contributed by atoms with Gasteiger partial charge in [0.05, 0.1) is 18.3 Å². The van der Waals surface area contributed by atoms with Gasteiger partial charge in [0, 0.05) is 12.6 Å². The average Bonchev–Trinajstić information content (AvgIpc) is 2.52. The van der Waals surface area contributed by atoms with Crippen LogP contribution in [-0.4, -0.2) is 22.3 Å². The highest BCUT2D eigenvalue weighted by atomic mass is 19.4. The Morgan fingerprint density at radius 2 is 2.29 bits per heavy atom. The largest absolute Gasteiger partial charge is 0.389 e. The van der Waals surface area contributed by atoms with Crippen LogP contribution in [0.4, 0.5) is 18.9 Å². The van der Waals surface area contributed by atoms with Gasteiger partial charge in [-0.3, -0.25) is 9.89 Å². The van der Waals surface area contributed by atoms with E-state index in [9.17, 15) is 18.0 Å². The van der Waals surface area contributed by atoms with Crippen LogP contribution in [0, 0.1) is 0 Å². The third kappa shape index (κ3) is 3.92. The van der Waals surface area contributed by atoms with Crippen molar-refractivity contribution in [3.05, 3.63) is 12.4 Å². The van der Waals surface area contributed by atoms with Gasteiger partial charge in [-0.05, 0) is 0 Å². The van der Waals surface area contributed by atoms with Gasteiger partial charge in [0.15, 0.2) is 0 Å². The molecule has 0 aliphatic heterocycles. The number of amides is 1. The average molecular weight is 207 g/mol. The van der Waals surface area contributed by atoms with Crippen molar-refractivity contribution in [1.82, 2.24) is 10.2 Å². The number of nitrogens with one attached hydrogen (secondary N) is 2. The number of carbonyl (C=O) groups excluding carboxylic acids is 1. The van der Waals surface area contributed by atoms with Crippen LogP contribution >= 0.6 is 0 Å². The molecular weight excluding hydrogens is 199 g/mol. The Morgan fingerprint density at radius 3 is 2.79 bits per heavy atom. The van der Waals surface area contributed by atoms with E-state index in [1.54, 1.807) is 0 Å². The first kappa shape index (κ1) is 10.6. The number of H-pyrrole nitrogens is 1. The number of halogens is 3. The number of hydrogen-bond donors (Lipinski definition) is 2. The van der Waals surface area contributed by atoms with Gasteiger partial charge in [0.25, 0.3) is 0 Å². The number of aromatic amines is 1. The van der Waals surface area contributed by atoms with E-state index in [1.807, 2.05) is 0 Å². The van der Waals surface area contributed by atoms with Gasteiger partial charge in [-0.1, -0.05) is 0 Å². The van der Waals surface area contributed by atoms with E-state index in [4.69, 9.17) is 0 Å². The first-order valence-electron chi connectivity index (χ1n) is 3.83. The molecule has 0 aliphatic carbocycles. The van der Waals surface area contributed by atoms with E-state index in [-0.39, 0.29) is 0 Å². The Hall–Kier alpha value is -1.53. The lowest BCUT2D eigenvalue weighted by molar-refractivity contribution is -0.142. The molecule has 78 valence electrons. The van der Waals surface area contributed by atoms with Crippen LogP contribution in [0.25, 0.3) is 0 Å². The quantitative estimate of drug-likeness (QED) is 0.792. The standard InChI is InChI=1S/C7H8F3N3O/c8-7(9,10)2-1-6(14)13-5-3-11-12-4-5/h3-4H,1-2H2,(H,11,12)(H,13,14). The molecule has 1 amide bonds. The van der Waals surface area contributed by atoms with E-state index in [0.29, 0.717) is 5.69 Å². The van der Waals surface area contributed by atoms with Crippen molar-refractivity contribution in [2.24, 2.45) is 0 Å². The summed E-state index contributed by atoms with van der Waals surface area (Å²) in [6, 6.07) is 0. The minimum Gasteiger partial charge on any atom is -0.323 e. The van der Waals surface area contributed by atoms with Crippen LogP contribution in [-0.2, 0) is 4.79 Å². The zero-order valence-electron chi connectivity index (χ0n) is 7.06. The lowest BCUT2D eigenvalue weighted by Crippen LogP contribution is -2.16. The summed E-state index contributed by atoms with van der Waals surface area (Å²) in [5.41, 5.74) is 0.358. The van der Waals surface area contributed by atoms with E-state index in [0.717, 1.165) is 0 Å². The van der Waals surface area contributed by atoms with Gasteiger partial charge in [0.1, 0.15) is 0 Å². The lowest BCUT2D eigenvalue weighted by Gasteiger charge is -2.05. The van der Waals surface area contributed by atoms with Gasteiger partial charge in [-0.15, -0.1) is 0 Å². The van der Waals surface area contributed by atoms with Gasteiger partial charge in [0.2, 0.25) is 5.91 Å². The predicted molar refractivity (Wildman–Crippen MR) is 42.5 cm³/mol. The van der Waals surface area contributed by atoms with Gasteiger partial charge < -0.3 is 5.32 Å². The smallest absolute Gasteiger partial charge is 0.323 e. The molecule has 0 unspecified atom stereocenters. The first-order chi connectivity index (χ1) is 6.47. The number of alkyl halides is 3. The van der Waals surface area contributed by atoms with Crippen molar-refractivity contribution in [1.29, 1.82) is 0 Å². The minimum atomic E-state index is -4.30. The topological polar surface area (TPSA) is 57.8 Å². The van der Waals surface area contributed by atoms with Crippen LogP contribution < -0.4 is 5.32 Å². The summed E-state index contributed by atoms with van der Waals surface area (Å²) in [6.45, 7) is 0. The Bertz CT molecular complexity index is 294. The molecule has 1 aromatic heterocycles. The summed E-state index contributed by atoms with van der Waals surface area (Å²) in [5.74, 6) is -0.677. The molecule has 1 aromatic rings. The monoisotopic (exact) mass is 207 g/mol. The predicted octanol–water partition coefficient (Wildman–Crippen LogP) is 1.69. The summed E-state index contributed by atoms with van der Waals surface area (Å²) in [5, 5.41) is 8.20. The SMILES string of the molecule is O=C(CCC(F)(F)F)Nc1cn[nH]c1. The molecule has 2 N–H and O–H groups in total. The molecular formula is C7H8F3N3O. The fraction of sp³-hybridized carbons (Fsp3) is 0.429. The van der Waals surface area contributed by atoms with Crippen molar-refractivity contribution >= 4 is 11.6 Å². The molecule has 14 heavy (non-hydrogen) atoms. The van der Waals surface area contributed by atoms with Crippen molar-refractivity contribution < 1.29 is 18.0 Å². The van der Waals surface area contributed by atoms with Crippen LogP contribution in [0.5, 0.6) is 0 Å². The van der Waals surface area contributed by atoms with Gasteiger partial charge in [-0.2, -0.15) is 18.3 Å². The van der Waals surface area contributed by atoms with Crippen molar-refractivity contribution in [3.63, 3.8) is 0 Å². The summed E-state index contributed by atoms with van der Waals surface area (Å²) < 4.78 is 35.1. The third-order valence-corrected chi connectivity index (χ3v) is 1.42. The second-order valence-corrected chi connectivity index (χ2v) is 2.65. The maximum absolute atomic E-state index is 11.7. The molecule has 0 saturated heterocycles. The van der Waals surface area contributed by atoms with Crippen molar-refractivity contribution in [2.45, 2.75) is 19.0 Å². The second kappa shape index (κ2) is 4.12. The summed E-state index contributed by atoms with van der Waals surface area (Å²) in [4.78, 5) is 10.9. The Kier molecular flexibility index (Phi) is 3.10. The highest BCUT2D eigenvalue weighted by molar-refractivity contribution is 5.90. The van der Waals surface area contributed by atoms with Crippen LogP contribution in [0.3, 0.4) is 0 Å². The number of carbonyl (C=O) groups is 1. The fourth-order valence-corrected chi connectivity index (χ4v) is 0.798. The molecule has 1 rings (SSSR count). The normalized spacial score (nSPS) is 11.4. The minimum absolute atomic E-state index is 0.358. The van der Waals surface area contributed by atoms with E-state index in [2.05, 4.69) is 15.5 Å². The molecule has 1 heterocycles. The number of aromatic nitrogens is 2. The van der Waals surface area contributed by atoms with Gasteiger partial charge >= 0.3 is 6.18 Å². The maximum atomic E-state index is 11.7. The fourth-order valence-electron chi connectivity index (χ4n) is 0.798. The molecule has 0 bridgehead atoms. The molecule has 0 atom stereocenters. The number of rotatable bonds is 3. The summed E-state index contributed by atoms with van der Waals surface area (Å²) in [6.07, 6.45) is -3.30. The van der Waals surface area contributed by atoms with E-state index >= 15 is 0 Å². The molecule has 0 fully saturated rings. The van der Waals surface area contributed by atoms with Gasteiger partial charge in [-0.25, -0.2) is 0 Å². The van der Waals surface area contributed by atoms with Crippen LogP contribution in [0.2, 0.25) is 0 Å². The maximum Gasteiger partial charge on any atom is 0.389 e. The Labute approximate surface area is 77.5 Å². The van der Waals surface area contributed by atoms with E-state index < -0.39 is 24.9 Å². The zero-order chi connectivity index (χ0) is 10.6. The summed E-state index contributed by atoms with van der Waals surface area (Å²) in [7, 11) is 0.